The molecule has 6 rings (SSSR count). The van der Waals surface area contributed by atoms with Crippen molar-refractivity contribution in [2.75, 3.05) is 38.5 Å². The summed E-state index contributed by atoms with van der Waals surface area (Å²) >= 11 is 1.46. The van der Waals surface area contributed by atoms with Crippen molar-refractivity contribution >= 4 is 55.6 Å². The smallest absolute Gasteiger partial charge is 0.261 e. The van der Waals surface area contributed by atoms with Gasteiger partial charge in [-0.15, -0.1) is 11.3 Å². The second kappa shape index (κ2) is 7.99. The van der Waals surface area contributed by atoms with Crippen LogP contribution >= 0.6 is 11.3 Å². The lowest BCUT2D eigenvalue weighted by atomic mass is 10.2. The number of likely N-dealkylation sites (N-methyl/N-ethyl adjacent to an activating group) is 1. The Bertz CT molecular complexity index is 1700. The highest BCUT2D eigenvalue weighted by Gasteiger charge is 2.23. The number of aromatic nitrogens is 6. The van der Waals surface area contributed by atoms with Gasteiger partial charge in [0.2, 0.25) is 11.8 Å². The van der Waals surface area contributed by atoms with Crippen LogP contribution < -0.4 is 10.9 Å². The molecule has 5 aromatic rings. The molecule has 2 amide bonds. The summed E-state index contributed by atoms with van der Waals surface area (Å²) in [5, 5.41) is 12.1. The van der Waals surface area contributed by atoms with E-state index in [1.54, 1.807) is 44.5 Å². The molecule has 35 heavy (non-hydrogen) atoms. The molecular formula is C22H21N9O3S. The van der Waals surface area contributed by atoms with Crippen molar-refractivity contribution in [2.24, 2.45) is 7.05 Å². The first-order valence-electron chi connectivity index (χ1n) is 10.9. The summed E-state index contributed by atoms with van der Waals surface area (Å²) in [4.78, 5) is 49.9. The van der Waals surface area contributed by atoms with Gasteiger partial charge in [-0.2, -0.15) is 10.2 Å². The molecule has 0 aliphatic carbocycles. The number of thiazole rings is 1. The third kappa shape index (κ3) is 3.74. The molecule has 6 heterocycles. The van der Waals surface area contributed by atoms with Crippen LogP contribution in [0.15, 0.2) is 35.6 Å². The van der Waals surface area contributed by atoms with Gasteiger partial charge in [0.15, 0.2) is 0 Å². The van der Waals surface area contributed by atoms with Crippen molar-refractivity contribution in [1.29, 1.82) is 0 Å². The van der Waals surface area contributed by atoms with Gasteiger partial charge in [-0.25, -0.2) is 4.52 Å². The molecule has 1 aliphatic rings. The molecule has 2 N–H and O–H groups in total. The minimum atomic E-state index is -0.275. The zero-order valence-electron chi connectivity index (χ0n) is 19.0. The number of piperazine rings is 1. The number of carbonyl (C=O) groups excluding carboxylic acids is 2. The largest absolute Gasteiger partial charge is 0.343 e. The molecule has 13 heteroatoms. The number of pyridine rings is 2. The summed E-state index contributed by atoms with van der Waals surface area (Å²) in [6.07, 6.45) is 7.10. The molecule has 12 nitrogen and oxygen atoms in total. The van der Waals surface area contributed by atoms with E-state index in [1.807, 2.05) is 19.4 Å². The highest BCUT2D eigenvalue weighted by atomic mass is 32.1. The highest BCUT2D eigenvalue weighted by molar-refractivity contribution is 7.21. The number of hydrogen-bond acceptors (Lipinski definition) is 8. The first kappa shape index (κ1) is 21.4. The third-order valence-corrected chi connectivity index (χ3v) is 7.22. The molecular weight excluding hydrogens is 470 g/mol. The van der Waals surface area contributed by atoms with Gasteiger partial charge in [-0.05, 0) is 6.07 Å². The minimum Gasteiger partial charge on any atom is -0.343 e. The van der Waals surface area contributed by atoms with Crippen LogP contribution in [0.4, 0.5) is 5.69 Å². The van der Waals surface area contributed by atoms with Crippen molar-refractivity contribution in [3.8, 4) is 10.4 Å². The maximum absolute atomic E-state index is 13.0. The molecule has 0 spiro atoms. The normalized spacial score (nSPS) is 15.0. The van der Waals surface area contributed by atoms with Crippen molar-refractivity contribution in [3.05, 3.63) is 41.2 Å². The Labute approximate surface area is 201 Å². The molecule has 0 bridgehead atoms. The predicted molar refractivity (Wildman–Crippen MR) is 131 cm³/mol. The Morgan fingerprint density at radius 1 is 1.17 bits per heavy atom. The first-order chi connectivity index (χ1) is 16.9. The van der Waals surface area contributed by atoms with Crippen LogP contribution in [0.25, 0.3) is 37.2 Å². The number of carbonyl (C=O) groups is 2. The van der Waals surface area contributed by atoms with E-state index in [9.17, 15) is 14.4 Å². The van der Waals surface area contributed by atoms with E-state index < -0.39 is 0 Å². The summed E-state index contributed by atoms with van der Waals surface area (Å²) in [5.74, 6) is -0.261. The molecule has 0 radical (unpaired) electrons. The monoisotopic (exact) mass is 491 g/mol. The average molecular weight is 492 g/mol. The van der Waals surface area contributed by atoms with Gasteiger partial charge in [0.1, 0.15) is 21.3 Å². The zero-order valence-corrected chi connectivity index (χ0v) is 19.8. The standard InChI is InChI=1S/C22H21N9O3S/c1-28-3-4-30(11-17(28)33)10-16(32)25-13-5-14-19(23-7-13)20-18(21(34)26-14)22-31(27-20)9-15(35-22)12-6-24-29(2)8-12/h5-9H,3-4,10-11H2,1-2H3,(H,25,32)(H,26,34). The minimum absolute atomic E-state index is 0.00876. The molecule has 0 aromatic carbocycles. The molecule has 0 atom stereocenters. The van der Waals surface area contributed by atoms with Gasteiger partial charge >= 0.3 is 0 Å². The van der Waals surface area contributed by atoms with Crippen molar-refractivity contribution in [2.45, 2.75) is 0 Å². The molecule has 178 valence electrons. The van der Waals surface area contributed by atoms with Crippen molar-refractivity contribution in [3.63, 3.8) is 0 Å². The summed E-state index contributed by atoms with van der Waals surface area (Å²) in [5.41, 5.74) is 2.66. The van der Waals surface area contributed by atoms with E-state index in [1.165, 1.54) is 11.3 Å². The number of anilines is 1. The summed E-state index contributed by atoms with van der Waals surface area (Å²) in [6.45, 7) is 1.54. The van der Waals surface area contributed by atoms with Gasteiger partial charge in [0.05, 0.1) is 41.6 Å². The number of aryl methyl sites for hydroxylation is 1. The van der Waals surface area contributed by atoms with E-state index in [0.717, 1.165) is 15.3 Å². The SMILES string of the molecule is CN1CCN(CC(=O)Nc2cnc3c(c2)[nH]c(=O)c2c3nn3cc(-c4cnn(C)c4)sc23)CC1=O. The lowest BCUT2D eigenvalue weighted by molar-refractivity contribution is -0.135. The third-order valence-electron chi connectivity index (χ3n) is 6.08. The number of rotatable bonds is 4. The first-order valence-corrected chi connectivity index (χ1v) is 11.8. The average Bonchev–Trinajstić information content (AvgIpc) is 3.50. The number of amides is 2. The van der Waals surface area contributed by atoms with Crippen LogP contribution in [0.3, 0.4) is 0 Å². The van der Waals surface area contributed by atoms with Crippen molar-refractivity contribution in [1.82, 2.24) is 39.2 Å². The number of nitrogens with zero attached hydrogens (tertiary/aromatic N) is 7. The lowest BCUT2D eigenvalue weighted by Crippen LogP contribution is -2.50. The molecule has 5 aromatic heterocycles. The Balaban J connectivity index is 1.29. The second-order valence-electron chi connectivity index (χ2n) is 8.62. The Morgan fingerprint density at radius 3 is 2.80 bits per heavy atom. The quantitative estimate of drug-likeness (QED) is 0.382. The van der Waals surface area contributed by atoms with Gasteiger partial charge < -0.3 is 15.2 Å². The maximum atomic E-state index is 13.0. The maximum Gasteiger partial charge on any atom is 0.261 e. The van der Waals surface area contributed by atoms with Crippen LogP contribution in [-0.2, 0) is 16.6 Å². The predicted octanol–water partition coefficient (Wildman–Crippen LogP) is 0.898. The van der Waals surface area contributed by atoms with Gasteiger partial charge in [-0.1, -0.05) is 0 Å². The fourth-order valence-electron chi connectivity index (χ4n) is 4.25. The lowest BCUT2D eigenvalue weighted by Gasteiger charge is -2.31. The molecule has 0 unspecified atom stereocenters. The van der Waals surface area contributed by atoms with Crippen LogP contribution in [0.2, 0.25) is 0 Å². The van der Waals surface area contributed by atoms with E-state index in [0.29, 0.717) is 40.7 Å². The second-order valence-corrected chi connectivity index (χ2v) is 9.65. The molecule has 0 saturated carbocycles. The summed E-state index contributed by atoms with van der Waals surface area (Å²) < 4.78 is 3.42. The van der Waals surface area contributed by atoms with Crippen LogP contribution in [0.5, 0.6) is 0 Å². The molecule has 1 fully saturated rings. The van der Waals surface area contributed by atoms with E-state index in [-0.39, 0.29) is 30.5 Å². The fraction of sp³-hybridized carbons (Fsp3) is 0.273. The number of H-pyrrole nitrogens is 1. The van der Waals surface area contributed by atoms with Crippen LogP contribution in [0, 0.1) is 0 Å². The number of hydrogen-bond donors (Lipinski definition) is 2. The van der Waals surface area contributed by atoms with Gasteiger partial charge in [0.25, 0.3) is 5.56 Å². The van der Waals surface area contributed by atoms with Crippen LogP contribution in [0.1, 0.15) is 0 Å². The topological polar surface area (TPSA) is 134 Å². The number of aromatic amines is 1. The summed E-state index contributed by atoms with van der Waals surface area (Å²) in [6, 6.07) is 1.67. The number of nitrogens with one attached hydrogen (secondary N) is 2. The Kier molecular flexibility index (Phi) is 4.89. The fourth-order valence-corrected chi connectivity index (χ4v) is 5.31. The van der Waals surface area contributed by atoms with Gasteiger partial charge in [0, 0.05) is 45.1 Å². The van der Waals surface area contributed by atoms with Gasteiger partial charge in [-0.3, -0.25) is 28.9 Å². The summed E-state index contributed by atoms with van der Waals surface area (Å²) in [7, 11) is 3.60. The van der Waals surface area contributed by atoms with Crippen molar-refractivity contribution < 1.29 is 9.59 Å². The highest BCUT2D eigenvalue weighted by Crippen LogP contribution is 2.33. The zero-order chi connectivity index (χ0) is 24.3. The van der Waals surface area contributed by atoms with Crippen LogP contribution in [-0.4, -0.2) is 84.2 Å². The molecule has 1 saturated heterocycles. The Hall–Kier alpha value is -4.10. The number of fused-ring (bicyclic) bond motifs is 5. The van der Waals surface area contributed by atoms with E-state index in [2.05, 4.69) is 25.5 Å². The van der Waals surface area contributed by atoms with E-state index in [4.69, 9.17) is 0 Å². The van der Waals surface area contributed by atoms with E-state index >= 15 is 0 Å². The Morgan fingerprint density at radius 2 is 2.03 bits per heavy atom. The molecule has 1 aliphatic heterocycles.